The normalized spacial score (nSPS) is 11.6. The molecule has 5 heteroatoms. The molecular weight excluding hydrogens is 426 g/mol. The Kier molecular flexibility index (Phi) is 5.91. The third-order valence-electron chi connectivity index (χ3n) is 5.47. The number of nitrogens with one attached hydrogen (secondary N) is 1. The van der Waals surface area contributed by atoms with E-state index in [9.17, 15) is 9.59 Å². The highest BCUT2D eigenvalue weighted by Gasteiger charge is 2.28. The van der Waals surface area contributed by atoms with Crippen LogP contribution in [0.5, 0.6) is 11.5 Å². The Morgan fingerprint density at radius 1 is 0.706 bits per heavy atom. The summed E-state index contributed by atoms with van der Waals surface area (Å²) in [4.78, 5) is 29.8. The van der Waals surface area contributed by atoms with Gasteiger partial charge in [0.1, 0.15) is 11.5 Å². The van der Waals surface area contributed by atoms with Crippen LogP contribution in [0.3, 0.4) is 0 Å². The van der Waals surface area contributed by atoms with Crippen molar-refractivity contribution in [1.29, 1.82) is 0 Å². The number of rotatable bonds is 7. The Morgan fingerprint density at radius 2 is 1.38 bits per heavy atom. The first kappa shape index (κ1) is 21.2. The monoisotopic (exact) mass is 447 g/mol. The van der Waals surface area contributed by atoms with Crippen molar-refractivity contribution in [3.8, 4) is 11.5 Å². The fourth-order valence-corrected chi connectivity index (χ4v) is 3.80. The van der Waals surface area contributed by atoms with Gasteiger partial charge in [0.05, 0.1) is 5.56 Å². The number of Topliss-reactive ketones (excluding diaryl/α,β-unsaturated/α-hetero) is 1. The molecule has 1 aromatic heterocycles. The number of hydrogen-bond acceptors (Lipinski definition) is 4. The lowest BCUT2D eigenvalue weighted by Crippen LogP contribution is -2.20. The molecule has 4 aromatic carbocycles. The molecule has 0 saturated carbocycles. The Hall–Kier alpha value is -4.64. The van der Waals surface area contributed by atoms with Crippen LogP contribution in [0.15, 0.2) is 115 Å². The number of ether oxygens (including phenoxy) is 2. The van der Waals surface area contributed by atoms with Gasteiger partial charge < -0.3 is 14.5 Å². The molecule has 34 heavy (non-hydrogen) atoms. The van der Waals surface area contributed by atoms with E-state index in [1.807, 2.05) is 72.8 Å². The van der Waals surface area contributed by atoms with Gasteiger partial charge in [-0.15, -0.1) is 0 Å². The Morgan fingerprint density at radius 3 is 2.18 bits per heavy atom. The van der Waals surface area contributed by atoms with E-state index in [2.05, 4.69) is 4.98 Å². The fraction of sp³-hybridized carbons (Fsp3) is 0.0345. The van der Waals surface area contributed by atoms with Gasteiger partial charge in [0.15, 0.2) is 6.10 Å². The maximum Gasteiger partial charge on any atom is 0.339 e. The molecule has 0 aliphatic rings. The number of H-pyrrole nitrogens is 1. The first-order valence-electron chi connectivity index (χ1n) is 10.9. The summed E-state index contributed by atoms with van der Waals surface area (Å²) in [7, 11) is 0. The van der Waals surface area contributed by atoms with E-state index in [1.165, 1.54) is 0 Å². The summed E-state index contributed by atoms with van der Waals surface area (Å²) in [5.74, 6) is 0.249. The summed E-state index contributed by atoms with van der Waals surface area (Å²) < 4.78 is 11.6. The first-order chi connectivity index (χ1) is 16.7. The van der Waals surface area contributed by atoms with E-state index in [0.717, 1.165) is 10.9 Å². The second kappa shape index (κ2) is 9.46. The molecule has 0 amide bonds. The molecule has 0 spiro atoms. The maximum atomic E-state index is 13.6. The summed E-state index contributed by atoms with van der Waals surface area (Å²) in [6.45, 7) is 0. The van der Waals surface area contributed by atoms with Crippen molar-refractivity contribution in [3.63, 3.8) is 0 Å². The number of carbonyl (C=O) groups excluding carboxylic acids is 2. The number of benzene rings is 4. The van der Waals surface area contributed by atoms with Crippen molar-refractivity contribution in [2.24, 2.45) is 0 Å². The molecule has 0 aliphatic heterocycles. The van der Waals surface area contributed by atoms with Crippen LogP contribution in [-0.2, 0) is 4.74 Å². The van der Waals surface area contributed by atoms with Crippen LogP contribution in [0.4, 0.5) is 0 Å². The number of para-hydroxylation sites is 2. The lowest BCUT2D eigenvalue weighted by molar-refractivity contribution is 0.0280. The van der Waals surface area contributed by atoms with Gasteiger partial charge in [0.25, 0.3) is 0 Å². The molecule has 5 rings (SSSR count). The van der Waals surface area contributed by atoms with Crippen LogP contribution in [0.2, 0.25) is 0 Å². The molecule has 166 valence electrons. The van der Waals surface area contributed by atoms with E-state index < -0.39 is 12.1 Å². The van der Waals surface area contributed by atoms with Crippen molar-refractivity contribution < 1.29 is 19.1 Å². The highest BCUT2D eigenvalue weighted by Crippen LogP contribution is 2.29. The smallest absolute Gasteiger partial charge is 0.339 e. The number of fused-ring (bicyclic) bond motifs is 1. The summed E-state index contributed by atoms with van der Waals surface area (Å²) in [5, 5.41) is 0.780. The zero-order valence-corrected chi connectivity index (χ0v) is 18.2. The summed E-state index contributed by atoms with van der Waals surface area (Å²) in [6.07, 6.45) is 0.567. The zero-order chi connectivity index (χ0) is 23.3. The van der Waals surface area contributed by atoms with Crippen molar-refractivity contribution in [1.82, 2.24) is 4.98 Å². The Bertz CT molecular complexity index is 1440. The van der Waals surface area contributed by atoms with Gasteiger partial charge in [-0.25, -0.2) is 4.79 Å². The van der Waals surface area contributed by atoms with Crippen LogP contribution in [0.25, 0.3) is 10.9 Å². The average molecular weight is 447 g/mol. The van der Waals surface area contributed by atoms with Gasteiger partial charge in [0.2, 0.25) is 5.78 Å². The largest absolute Gasteiger partial charge is 0.457 e. The molecule has 5 nitrogen and oxygen atoms in total. The predicted molar refractivity (Wildman–Crippen MR) is 130 cm³/mol. The molecule has 0 unspecified atom stereocenters. The molecule has 0 bridgehead atoms. The van der Waals surface area contributed by atoms with Crippen LogP contribution >= 0.6 is 0 Å². The number of carbonyl (C=O) groups is 2. The zero-order valence-electron chi connectivity index (χ0n) is 18.2. The molecule has 1 heterocycles. The van der Waals surface area contributed by atoms with Crippen molar-refractivity contribution >= 4 is 22.7 Å². The van der Waals surface area contributed by atoms with E-state index >= 15 is 0 Å². The van der Waals surface area contributed by atoms with Gasteiger partial charge in [-0.2, -0.15) is 0 Å². The average Bonchev–Trinajstić information content (AvgIpc) is 3.32. The number of hydrogen-bond donors (Lipinski definition) is 1. The quantitative estimate of drug-likeness (QED) is 0.222. The van der Waals surface area contributed by atoms with Crippen molar-refractivity contribution in [2.45, 2.75) is 6.10 Å². The van der Waals surface area contributed by atoms with Crippen LogP contribution in [0.1, 0.15) is 32.4 Å². The van der Waals surface area contributed by atoms with E-state index in [1.54, 1.807) is 42.6 Å². The number of esters is 1. The molecule has 1 atom stereocenters. The summed E-state index contributed by atoms with van der Waals surface area (Å²) >= 11 is 0. The highest BCUT2D eigenvalue weighted by atomic mass is 16.5. The standard InChI is InChI=1S/C29H21NO4/c31-27(25-19-30-26-17-8-7-16-24(25)26)28(20-10-3-1-4-11-20)34-29(32)21-12-9-15-23(18-21)33-22-13-5-2-6-14-22/h1-19,28,30H/t28-/m0/s1. The van der Waals surface area contributed by atoms with Crippen molar-refractivity contribution in [3.05, 3.63) is 132 Å². The minimum atomic E-state index is -1.09. The second-order valence-corrected chi connectivity index (χ2v) is 7.75. The first-order valence-corrected chi connectivity index (χ1v) is 10.9. The lowest BCUT2D eigenvalue weighted by atomic mass is 9.99. The topological polar surface area (TPSA) is 68.4 Å². The number of aromatic nitrogens is 1. The van der Waals surface area contributed by atoms with Crippen LogP contribution < -0.4 is 4.74 Å². The van der Waals surface area contributed by atoms with E-state index in [4.69, 9.17) is 9.47 Å². The summed E-state index contributed by atoms with van der Waals surface area (Å²) in [5.41, 5.74) is 2.21. The van der Waals surface area contributed by atoms with E-state index in [0.29, 0.717) is 28.2 Å². The third kappa shape index (κ3) is 4.45. The minimum absolute atomic E-state index is 0.293. The number of ketones is 1. The van der Waals surface area contributed by atoms with Crippen LogP contribution in [-0.4, -0.2) is 16.7 Å². The molecule has 5 aromatic rings. The second-order valence-electron chi connectivity index (χ2n) is 7.75. The Balaban J connectivity index is 1.44. The minimum Gasteiger partial charge on any atom is -0.457 e. The fourth-order valence-electron chi connectivity index (χ4n) is 3.80. The predicted octanol–water partition coefficient (Wildman–Crippen LogP) is 6.74. The molecular formula is C29H21NO4. The number of aromatic amines is 1. The molecule has 0 fully saturated rings. The lowest BCUT2D eigenvalue weighted by Gasteiger charge is -2.17. The molecule has 1 N–H and O–H groups in total. The maximum absolute atomic E-state index is 13.6. The molecule has 0 radical (unpaired) electrons. The van der Waals surface area contributed by atoms with Gasteiger partial charge in [0, 0.05) is 28.2 Å². The highest BCUT2D eigenvalue weighted by molar-refractivity contribution is 6.11. The SMILES string of the molecule is O=C(O[C@H](C(=O)c1c[nH]c2ccccc12)c1ccccc1)c1cccc(Oc2ccccc2)c1. The van der Waals surface area contributed by atoms with Crippen LogP contribution in [0, 0.1) is 0 Å². The van der Waals surface area contributed by atoms with Gasteiger partial charge in [-0.05, 0) is 36.4 Å². The Labute approximate surface area is 196 Å². The molecule has 0 aliphatic carbocycles. The van der Waals surface area contributed by atoms with Gasteiger partial charge >= 0.3 is 5.97 Å². The van der Waals surface area contributed by atoms with Crippen molar-refractivity contribution in [2.75, 3.05) is 0 Å². The van der Waals surface area contributed by atoms with Gasteiger partial charge in [-0.1, -0.05) is 72.8 Å². The summed E-state index contributed by atoms with van der Waals surface area (Å²) in [6, 6.07) is 32.6. The van der Waals surface area contributed by atoms with Gasteiger partial charge in [-0.3, -0.25) is 4.79 Å². The van der Waals surface area contributed by atoms with E-state index in [-0.39, 0.29) is 5.78 Å². The molecule has 0 saturated heterocycles. The third-order valence-corrected chi connectivity index (χ3v) is 5.47.